The number of carbonyl (C=O) groups is 1. The summed E-state index contributed by atoms with van der Waals surface area (Å²) in [6.45, 7) is 1.66. The summed E-state index contributed by atoms with van der Waals surface area (Å²) in [5.74, 6) is -1.27. The second kappa shape index (κ2) is 6.64. The van der Waals surface area contributed by atoms with E-state index < -0.39 is 21.6 Å². The molecule has 1 N–H and O–H groups in total. The number of anilines is 1. The molecule has 1 heterocycles. The van der Waals surface area contributed by atoms with Crippen molar-refractivity contribution in [2.75, 3.05) is 11.6 Å². The maximum Gasteiger partial charge on any atom is 0.256 e. The Morgan fingerprint density at radius 2 is 1.96 bits per heavy atom. The first-order chi connectivity index (χ1) is 12.3. The van der Waals surface area contributed by atoms with Crippen LogP contribution >= 0.6 is 0 Å². The number of amides is 1. The standard InChI is InChI=1S/C16H14FN5O3S/c1-10-3-5-12(26(2,24)25)8-13(10)16(23)19-15-7-11(4-6-14(15)17)22-9-18-20-21-22/h3-9H,1-2H3,(H,19,23). The lowest BCUT2D eigenvalue weighted by Gasteiger charge is -2.11. The molecule has 2 aromatic carbocycles. The molecule has 0 atom stereocenters. The Balaban J connectivity index is 1.95. The first-order valence-electron chi connectivity index (χ1n) is 7.40. The van der Waals surface area contributed by atoms with Crippen molar-refractivity contribution >= 4 is 21.4 Å². The van der Waals surface area contributed by atoms with Gasteiger partial charge in [-0.05, 0) is 53.2 Å². The summed E-state index contributed by atoms with van der Waals surface area (Å²) in [6.07, 6.45) is 2.38. The van der Waals surface area contributed by atoms with Crippen LogP contribution in [-0.4, -0.2) is 40.8 Å². The molecule has 0 bridgehead atoms. The first-order valence-corrected chi connectivity index (χ1v) is 9.30. The summed E-state index contributed by atoms with van der Waals surface area (Å²) in [5, 5.41) is 13.2. The van der Waals surface area contributed by atoms with Gasteiger partial charge in [0.15, 0.2) is 9.84 Å². The molecule has 0 saturated heterocycles. The first kappa shape index (κ1) is 17.7. The number of aryl methyl sites for hydroxylation is 1. The van der Waals surface area contributed by atoms with E-state index in [1.54, 1.807) is 6.92 Å². The van der Waals surface area contributed by atoms with Crippen molar-refractivity contribution in [2.45, 2.75) is 11.8 Å². The molecule has 0 aliphatic rings. The molecule has 0 spiro atoms. The number of nitrogens with zero attached hydrogens (tertiary/aromatic N) is 4. The fourth-order valence-electron chi connectivity index (χ4n) is 2.30. The number of hydrogen-bond acceptors (Lipinski definition) is 6. The van der Waals surface area contributed by atoms with E-state index in [1.807, 2.05) is 0 Å². The molecule has 26 heavy (non-hydrogen) atoms. The predicted octanol–water partition coefficient (Wildman–Crippen LogP) is 1.77. The van der Waals surface area contributed by atoms with Gasteiger partial charge in [0.2, 0.25) is 0 Å². The third-order valence-corrected chi connectivity index (χ3v) is 4.80. The number of carbonyl (C=O) groups excluding carboxylic acids is 1. The smallest absolute Gasteiger partial charge is 0.256 e. The Hall–Kier alpha value is -3.14. The third-order valence-electron chi connectivity index (χ3n) is 3.69. The van der Waals surface area contributed by atoms with Gasteiger partial charge in [0, 0.05) is 11.8 Å². The van der Waals surface area contributed by atoms with Crippen molar-refractivity contribution in [1.29, 1.82) is 0 Å². The zero-order valence-corrected chi connectivity index (χ0v) is 14.7. The topological polar surface area (TPSA) is 107 Å². The zero-order valence-electron chi connectivity index (χ0n) is 13.8. The van der Waals surface area contributed by atoms with E-state index in [0.717, 1.165) is 6.26 Å². The van der Waals surface area contributed by atoms with E-state index in [2.05, 4.69) is 20.8 Å². The van der Waals surface area contributed by atoms with Crippen molar-refractivity contribution in [3.63, 3.8) is 0 Å². The number of aromatic nitrogens is 4. The molecule has 0 unspecified atom stereocenters. The van der Waals surface area contributed by atoms with Crippen LogP contribution in [0.4, 0.5) is 10.1 Å². The Morgan fingerprint density at radius 1 is 1.19 bits per heavy atom. The molecule has 0 radical (unpaired) electrons. The van der Waals surface area contributed by atoms with Crippen LogP contribution in [0.15, 0.2) is 47.6 Å². The van der Waals surface area contributed by atoms with Gasteiger partial charge in [-0.2, -0.15) is 0 Å². The van der Waals surface area contributed by atoms with E-state index >= 15 is 0 Å². The van der Waals surface area contributed by atoms with Gasteiger partial charge in [0.25, 0.3) is 5.91 Å². The zero-order chi connectivity index (χ0) is 18.9. The highest BCUT2D eigenvalue weighted by molar-refractivity contribution is 7.90. The van der Waals surface area contributed by atoms with Gasteiger partial charge in [-0.15, -0.1) is 5.10 Å². The van der Waals surface area contributed by atoms with Crippen LogP contribution in [-0.2, 0) is 9.84 Å². The van der Waals surface area contributed by atoms with Gasteiger partial charge in [0.1, 0.15) is 12.1 Å². The molecule has 1 aromatic heterocycles. The lowest BCUT2D eigenvalue weighted by molar-refractivity contribution is 0.102. The monoisotopic (exact) mass is 375 g/mol. The summed E-state index contributed by atoms with van der Waals surface area (Å²) in [6, 6.07) is 8.21. The molecule has 8 nitrogen and oxygen atoms in total. The van der Waals surface area contributed by atoms with Gasteiger partial charge >= 0.3 is 0 Å². The maximum absolute atomic E-state index is 14.1. The highest BCUT2D eigenvalue weighted by atomic mass is 32.2. The lowest BCUT2D eigenvalue weighted by atomic mass is 10.1. The lowest BCUT2D eigenvalue weighted by Crippen LogP contribution is -2.15. The van der Waals surface area contributed by atoms with Crippen LogP contribution < -0.4 is 5.32 Å². The molecule has 3 rings (SSSR count). The Labute approximate surface area is 148 Å². The van der Waals surface area contributed by atoms with Gasteiger partial charge in [-0.25, -0.2) is 17.5 Å². The normalized spacial score (nSPS) is 11.3. The van der Waals surface area contributed by atoms with Crippen LogP contribution in [0.2, 0.25) is 0 Å². The van der Waals surface area contributed by atoms with Crippen molar-refractivity contribution < 1.29 is 17.6 Å². The number of hydrogen-bond donors (Lipinski definition) is 1. The van der Waals surface area contributed by atoms with Crippen molar-refractivity contribution in [2.24, 2.45) is 0 Å². The average molecular weight is 375 g/mol. The molecule has 0 aliphatic heterocycles. The fraction of sp³-hybridized carbons (Fsp3) is 0.125. The molecule has 0 saturated carbocycles. The van der Waals surface area contributed by atoms with Crippen LogP contribution in [0, 0.1) is 12.7 Å². The summed E-state index contributed by atoms with van der Waals surface area (Å²) in [7, 11) is -3.47. The average Bonchev–Trinajstić information content (AvgIpc) is 3.10. The number of nitrogens with one attached hydrogen (secondary N) is 1. The molecule has 1 amide bonds. The molecule has 0 fully saturated rings. The minimum Gasteiger partial charge on any atom is -0.319 e. The molecule has 134 valence electrons. The molecular formula is C16H14FN5O3S. The van der Waals surface area contributed by atoms with E-state index in [0.29, 0.717) is 11.3 Å². The summed E-state index contributed by atoms with van der Waals surface area (Å²) in [5.41, 5.74) is 1.08. The van der Waals surface area contributed by atoms with E-state index in [1.165, 1.54) is 47.4 Å². The van der Waals surface area contributed by atoms with Crippen molar-refractivity contribution in [3.8, 4) is 5.69 Å². The minimum atomic E-state index is -3.47. The van der Waals surface area contributed by atoms with Gasteiger partial charge in [-0.1, -0.05) is 6.07 Å². The van der Waals surface area contributed by atoms with E-state index in [-0.39, 0.29) is 16.1 Å². The number of benzene rings is 2. The highest BCUT2D eigenvalue weighted by Crippen LogP contribution is 2.21. The van der Waals surface area contributed by atoms with Crippen LogP contribution in [0.3, 0.4) is 0 Å². The summed E-state index contributed by atoms with van der Waals surface area (Å²) >= 11 is 0. The SMILES string of the molecule is Cc1ccc(S(C)(=O)=O)cc1C(=O)Nc1cc(-n2cnnn2)ccc1F. The Bertz CT molecular complexity index is 1080. The Morgan fingerprint density at radius 3 is 2.62 bits per heavy atom. The predicted molar refractivity (Wildman–Crippen MR) is 91.4 cm³/mol. The molecule has 0 aliphatic carbocycles. The largest absolute Gasteiger partial charge is 0.319 e. The minimum absolute atomic E-state index is 0.0103. The van der Waals surface area contributed by atoms with Gasteiger partial charge in [0.05, 0.1) is 16.3 Å². The second-order valence-corrected chi connectivity index (χ2v) is 7.64. The number of halogens is 1. The third kappa shape index (κ3) is 3.59. The van der Waals surface area contributed by atoms with Crippen molar-refractivity contribution in [3.05, 3.63) is 59.7 Å². The summed E-state index contributed by atoms with van der Waals surface area (Å²) in [4.78, 5) is 12.6. The number of rotatable bonds is 4. The quantitative estimate of drug-likeness (QED) is 0.745. The number of tetrazole rings is 1. The van der Waals surface area contributed by atoms with Crippen LogP contribution in [0.25, 0.3) is 5.69 Å². The molecule has 3 aromatic rings. The summed E-state index contributed by atoms with van der Waals surface area (Å²) < 4.78 is 38.8. The number of sulfone groups is 1. The van der Waals surface area contributed by atoms with E-state index in [4.69, 9.17) is 0 Å². The maximum atomic E-state index is 14.1. The fourth-order valence-corrected chi connectivity index (χ4v) is 2.94. The molecule has 10 heteroatoms. The second-order valence-electron chi connectivity index (χ2n) is 5.62. The van der Waals surface area contributed by atoms with Gasteiger partial charge in [-0.3, -0.25) is 4.79 Å². The van der Waals surface area contributed by atoms with Gasteiger partial charge < -0.3 is 5.32 Å². The van der Waals surface area contributed by atoms with Crippen LogP contribution in [0.1, 0.15) is 15.9 Å². The highest BCUT2D eigenvalue weighted by Gasteiger charge is 2.16. The van der Waals surface area contributed by atoms with Crippen LogP contribution in [0.5, 0.6) is 0 Å². The Kier molecular flexibility index (Phi) is 4.51. The van der Waals surface area contributed by atoms with E-state index in [9.17, 15) is 17.6 Å². The molecular weight excluding hydrogens is 361 g/mol. The van der Waals surface area contributed by atoms with Crippen molar-refractivity contribution in [1.82, 2.24) is 20.2 Å².